The molecule has 2 aromatic heterocycles. The van der Waals surface area contributed by atoms with E-state index >= 15 is 0 Å². The van der Waals surface area contributed by atoms with E-state index in [9.17, 15) is 0 Å². The Balaban J connectivity index is 1.92. The number of azide groups is 1. The summed E-state index contributed by atoms with van der Waals surface area (Å²) in [4.78, 5) is 10.9. The Morgan fingerprint density at radius 3 is 2.48 bits per heavy atom. The highest BCUT2D eigenvalue weighted by atomic mass is 16.7. The summed E-state index contributed by atoms with van der Waals surface area (Å²) in [5.41, 5.74) is 8.50. The van der Waals surface area contributed by atoms with Crippen LogP contribution in [0.4, 0.5) is 5.82 Å². The Kier molecular flexibility index (Phi) is 3.60. The molecule has 3 rings (SSSR count). The predicted octanol–water partition coefficient (Wildman–Crippen LogP) is 1.90. The average Bonchev–Trinajstić information content (AvgIpc) is 3.03. The molecule has 0 bridgehead atoms. The Hall–Kier alpha value is -2.42. The minimum absolute atomic E-state index is 0.151. The van der Waals surface area contributed by atoms with Crippen molar-refractivity contribution in [3.63, 3.8) is 0 Å². The third-order valence-corrected chi connectivity index (χ3v) is 4.14. The van der Waals surface area contributed by atoms with E-state index in [1.807, 2.05) is 27.7 Å². The standard InChI is InChI=1S/C13H16BN7O2/c1-12(2)13(3,4)23-14(22-12)9-7-18-21(8-9)11-10(19-20-15)16-5-6-17-11/h5-8H,1-4H3. The summed E-state index contributed by atoms with van der Waals surface area (Å²) in [6.45, 7) is 7.94. The molecule has 1 saturated heterocycles. The number of nitrogens with zero attached hydrogens (tertiary/aromatic N) is 7. The molecule has 3 heterocycles. The molecule has 1 aliphatic rings. The van der Waals surface area contributed by atoms with Crippen molar-refractivity contribution in [3.8, 4) is 5.82 Å². The highest BCUT2D eigenvalue weighted by Crippen LogP contribution is 2.36. The molecule has 0 atom stereocenters. The second kappa shape index (κ2) is 5.34. The van der Waals surface area contributed by atoms with Crippen molar-refractivity contribution in [2.45, 2.75) is 38.9 Å². The maximum Gasteiger partial charge on any atom is 0.498 e. The SMILES string of the molecule is CC1(C)OB(c2cnn(-c3nccnc3N=[N+]=[N-])c2)OC1(C)C. The second-order valence-corrected chi connectivity index (χ2v) is 6.20. The first kappa shape index (κ1) is 15.5. The van der Waals surface area contributed by atoms with Gasteiger partial charge in [0.2, 0.25) is 0 Å². The number of aromatic nitrogens is 4. The van der Waals surface area contributed by atoms with E-state index in [0.717, 1.165) is 5.46 Å². The van der Waals surface area contributed by atoms with Crippen LogP contribution in [0.2, 0.25) is 0 Å². The van der Waals surface area contributed by atoms with Crippen LogP contribution in [0.1, 0.15) is 27.7 Å². The van der Waals surface area contributed by atoms with Crippen LogP contribution in [-0.4, -0.2) is 38.1 Å². The molecule has 0 N–H and O–H groups in total. The molecule has 0 aromatic carbocycles. The minimum atomic E-state index is -0.520. The van der Waals surface area contributed by atoms with Crippen molar-refractivity contribution in [1.29, 1.82) is 0 Å². The van der Waals surface area contributed by atoms with Gasteiger partial charge in [0, 0.05) is 35.2 Å². The molecule has 0 aliphatic carbocycles. The summed E-state index contributed by atoms with van der Waals surface area (Å²) in [6, 6.07) is 0. The minimum Gasteiger partial charge on any atom is -0.399 e. The maximum atomic E-state index is 8.60. The van der Waals surface area contributed by atoms with E-state index in [1.54, 1.807) is 12.4 Å². The van der Waals surface area contributed by atoms with Crippen LogP contribution in [0.5, 0.6) is 0 Å². The molecule has 0 spiro atoms. The number of hydrogen-bond acceptors (Lipinski definition) is 6. The zero-order valence-corrected chi connectivity index (χ0v) is 13.3. The van der Waals surface area contributed by atoms with Gasteiger partial charge in [-0.3, -0.25) is 0 Å². The summed E-state index contributed by atoms with van der Waals surface area (Å²) < 4.78 is 13.5. The van der Waals surface area contributed by atoms with E-state index in [4.69, 9.17) is 14.8 Å². The van der Waals surface area contributed by atoms with E-state index in [2.05, 4.69) is 25.1 Å². The summed E-state index contributed by atoms with van der Waals surface area (Å²) in [6.07, 6.45) is 6.31. The van der Waals surface area contributed by atoms with Crippen molar-refractivity contribution in [2.24, 2.45) is 5.11 Å². The predicted molar refractivity (Wildman–Crippen MR) is 83.7 cm³/mol. The lowest BCUT2D eigenvalue weighted by Gasteiger charge is -2.32. The molecule has 0 radical (unpaired) electrons. The van der Waals surface area contributed by atoms with Gasteiger partial charge >= 0.3 is 7.12 Å². The number of hydrogen-bond donors (Lipinski definition) is 0. The summed E-state index contributed by atoms with van der Waals surface area (Å²) >= 11 is 0. The van der Waals surface area contributed by atoms with E-state index < -0.39 is 18.3 Å². The quantitative estimate of drug-likeness (QED) is 0.372. The molecule has 2 aromatic rings. The van der Waals surface area contributed by atoms with Crippen LogP contribution < -0.4 is 5.46 Å². The van der Waals surface area contributed by atoms with Gasteiger partial charge in [-0.2, -0.15) is 5.10 Å². The lowest BCUT2D eigenvalue weighted by Crippen LogP contribution is -2.41. The fourth-order valence-corrected chi connectivity index (χ4v) is 2.15. The van der Waals surface area contributed by atoms with Crippen molar-refractivity contribution in [1.82, 2.24) is 19.7 Å². The van der Waals surface area contributed by atoms with Crippen LogP contribution in [0, 0.1) is 0 Å². The molecule has 0 amide bonds. The zero-order valence-electron chi connectivity index (χ0n) is 13.3. The first-order valence-corrected chi connectivity index (χ1v) is 7.11. The topological polar surface area (TPSA) is 111 Å². The van der Waals surface area contributed by atoms with Gasteiger partial charge in [0.1, 0.15) is 0 Å². The van der Waals surface area contributed by atoms with Crippen molar-refractivity contribution < 1.29 is 9.31 Å². The number of rotatable bonds is 3. The van der Waals surface area contributed by atoms with Gasteiger partial charge in [-0.1, -0.05) is 0 Å². The Labute approximate surface area is 133 Å². The first-order chi connectivity index (χ1) is 10.8. The third kappa shape index (κ3) is 2.67. The summed E-state index contributed by atoms with van der Waals surface area (Å²) in [5.74, 6) is 0.492. The molecule has 0 unspecified atom stereocenters. The highest BCUT2D eigenvalue weighted by Gasteiger charge is 2.52. The Bertz CT molecular complexity index is 766. The largest absolute Gasteiger partial charge is 0.498 e. The van der Waals surface area contributed by atoms with Crippen molar-refractivity contribution in [3.05, 3.63) is 35.2 Å². The van der Waals surface area contributed by atoms with Crippen molar-refractivity contribution >= 4 is 18.4 Å². The highest BCUT2D eigenvalue weighted by molar-refractivity contribution is 6.62. The smallest absolute Gasteiger partial charge is 0.399 e. The van der Waals surface area contributed by atoms with Gasteiger partial charge in [0.05, 0.1) is 11.2 Å². The molecule has 1 fully saturated rings. The van der Waals surface area contributed by atoms with Crippen molar-refractivity contribution in [2.75, 3.05) is 0 Å². The monoisotopic (exact) mass is 313 g/mol. The molecular weight excluding hydrogens is 297 g/mol. The van der Waals surface area contributed by atoms with Gasteiger partial charge in [-0.25, -0.2) is 14.6 Å². The Morgan fingerprint density at radius 1 is 1.17 bits per heavy atom. The van der Waals surface area contributed by atoms with Crippen LogP contribution in [0.3, 0.4) is 0 Å². The molecule has 118 valence electrons. The van der Waals surface area contributed by atoms with Gasteiger partial charge in [0.15, 0.2) is 11.6 Å². The van der Waals surface area contributed by atoms with Gasteiger partial charge in [-0.15, -0.1) is 0 Å². The summed E-state index contributed by atoms with van der Waals surface area (Å²) in [7, 11) is -0.520. The van der Waals surface area contributed by atoms with Crippen LogP contribution in [0.15, 0.2) is 29.9 Å². The maximum absolute atomic E-state index is 8.60. The van der Waals surface area contributed by atoms with Crippen LogP contribution >= 0.6 is 0 Å². The molecule has 10 heteroatoms. The average molecular weight is 313 g/mol. The fourth-order valence-electron chi connectivity index (χ4n) is 2.15. The van der Waals surface area contributed by atoms with Gasteiger partial charge < -0.3 is 9.31 Å². The van der Waals surface area contributed by atoms with Gasteiger partial charge in [0.25, 0.3) is 0 Å². The van der Waals surface area contributed by atoms with Crippen LogP contribution in [0.25, 0.3) is 16.3 Å². The molecule has 0 saturated carbocycles. The normalized spacial score (nSPS) is 18.7. The van der Waals surface area contributed by atoms with E-state index in [1.165, 1.54) is 17.1 Å². The Morgan fingerprint density at radius 2 is 1.83 bits per heavy atom. The van der Waals surface area contributed by atoms with E-state index in [-0.39, 0.29) is 5.82 Å². The first-order valence-electron chi connectivity index (χ1n) is 7.11. The third-order valence-electron chi connectivity index (χ3n) is 4.14. The van der Waals surface area contributed by atoms with Crippen LogP contribution in [-0.2, 0) is 9.31 Å². The zero-order chi connectivity index (χ0) is 16.7. The lowest BCUT2D eigenvalue weighted by atomic mass is 9.82. The summed E-state index contributed by atoms with van der Waals surface area (Å²) in [5, 5.41) is 7.76. The molecular formula is C13H16BN7O2. The fraction of sp³-hybridized carbons (Fsp3) is 0.462. The molecule has 9 nitrogen and oxygen atoms in total. The second-order valence-electron chi connectivity index (χ2n) is 6.20. The van der Waals surface area contributed by atoms with Gasteiger partial charge in [-0.05, 0) is 38.3 Å². The lowest BCUT2D eigenvalue weighted by molar-refractivity contribution is 0.00578. The molecule has 23 heavy (non-hydrogen) atoms. The van der Waals surface area contributed by atoms with E-state index in [0.29, 0.717) is 5.82 Å². The molecule has 1 aliphatic heterocycles.